The molecule has 0 aromatic carbocycles. The Morgan fingerprint density at radius 1 is 1.00 bits per heavy atom. The van der Waals surface area contributed by atoms with Crippen LogP contribution in [0.3, 0.4) is 0 Å². The van der Waals surface area contributed by atoms with Gasteiger partial charge in [0.25, 0.3) is 0 Å². The number of allylic oxidation sites excluding steroid dienone is 8. The molecule has 2 rings (SSSR count). The Morgan fingerprint density at radius 2 is 1.43 bits per heavy atom. The molecule has 0 unspecified atom stereocenters. The van der Waals surface area contributed by atoms with Crippen molar-refractivity contribution in [2.75, 3.05) is 0 Å². The molecule has 1 nitrogen and oxygen atoms in total. The molecule has 1 aliphatic heterocycles. The molecular formula is C18H21Cl3OSe. The minimum atomic E-state index is -1.52. The van der Waals surface area contributed by atoms with Crippen LogP contribution in [0.1, 0.15) is 41.5 Å². The molecule has 5 heteroatoms. The fraction of sp³-hybridized carbons (Fsp3) is 0.500. The monoisotopic (exact) mass is 438 g/mol. The van der Waals surface area contributed by atoms with E-state index >= 15 is 0 Å². The molecular weight excluding hydrogens is 418 g/mol. The van der Waals surface area contributed by atoms with Crippen LogP contribution in [-0.2, 0) is 4.79 Å². The normalized spacial score (nSPS) is 21.8. The zero-order chi connectivity index (χ0) is 17.8. The number of carbonyl (C=O) groups excluding carboxylic acids is 1. The van der Waals surface area contributed by atoms with Gasteiger partial charge in [-0.15, -0.1) is 0 Å². The molecule has 0 bridgehead atoms. The van der Waals surface area contributed by atoms with Crippen LogP contribution in [0.4, 0.5) is 0 Å². The van der Waals surface area contributed by atoms with E-state index in [2.05, 4.69) is 53.7 Å². The Bertz CT molecular complexity index is 648. The Labute approximate surface area is 160 Å². The topological polar surface area (TPSA) is 17.1 Å². The first-order valence-electron chi connectivity index (χ1n) is 7.41. The van der Waals surface area contributed by atoms with Crippen molar-refractivity contribution in [2.45, 2.75) is 45.9 Å². The molecule has 0 saturated heterocycles. The number of hydrogen-bond acceptors (Lipinski definition) is 1. The van der Waals surface area contributed by atoms with Gasteiger partial charge in [0.1, 0.15) is 0 Å². The summed E-state index contributed by atoms with van der Waals surface area (Å²) in [5, 5.41) is 0.134. The summed E-state index contributed by atoms with van der Waals surface area (Å²) >= 11 is 18.5. The van der Waals surface area contributed by atoms with E-state index in [-0.39, 0.29) is 15.9 Å². The van der Waals surface area contributed by atoms with Crippen LogP contribution in [0.15, 0.2) is 43.3 Å². The molecule has 0 amide bonds. The summed E-state index contributed by atoms with van der Waals surface area (Å²) in [5.41, 5.74) is 1.68. The van der Waals surface area contributed by atoms with Crippen LogP contribution in [0.2, 0.25) is 0 Å². The quantitative estimate of drug-likeness (QED) is 0.377. The summed E-state index contributed by atoms with van der Waals surface area (Å²) in [6.45, 7) is 13.3. The molecule has 1 heterocycles. The Hall–Kier alpha value is 0.0195. The molecule has 0 radical (unpaired) electrons. The standard InChI is InChI=1S/C18H21Cl3OSe/c1-16(2,3)12-8-10(9-13(23-12)17(4,5)6)7-11-14(19)15(22)18(11,20)21/h7-9H,1-6H3. The number of Topliss-reactive ketones (excluding diaryl/α,β-unsaturated/α-hetero) is 1. The van der Waals surface area contributed by atoms with E-state index in [1.807, 2.05) is 6.08 Å². The third-order valence-electron chi connectivity index (χ3n) is 3.66. The summed E-state index contributed by atoms with van der Waals surface area (Å²) in [6.07, 6.45) is 6.20. The maximum absolute atomic E-state index is 11.7. The average Bonchev–Trinajstić information content (AvgIpc) is 2.41. The average molecular weight is 439 g/mol. The molecule has 126 valence electrons. The van der Waals surface area contributed by atoms with Crippen LogP contribution >= 0.6 is 34.8 Å². The van der Waals surface area contributed by atoms with Crippen molar-refractivity contribution in [3.05, 3.63) is 43.3 Å². The summed E-state index contributed by atoms with van der Waals surface area (Å²) in [4.78, 5) is 11.7. The van der Waals surface area contributed by atoms with Gasteiger partial charge >= 0.3 is 160 Å². The van der Waals surface area contributed by atoms with Crippen molar-refractivity contribution in [1.82, 2.24) is 0 Å². The van der Waals surface area contributed by atoms with E-state index in [0.29, 0.717) is 20.5 Å². The van der Waals surface area contributed by atoms with Crippen LogP contribution in [0.25, 0.3) is 0 Å². The van der Waals surface area contributed by atoms with E-state index in [9.17, 15) is 4.79 Å². The summed E-state index contributed by atoms with van der Waals surface area (Å²) in [7, 11) is 0. The van der Waals surface area contributed by atoms with Crippen molar-refractivity contribution in [1.29, 1.82) is 0 Å². The van der Waals surface area contributed by atoms with Gasteiger partial charge in [-0.05, 0) is 0 Å². The number of hydrogen-bond donors (Lipinski definition) is 0. The molecule has 0 atom stereocenters. The van der Waals surface area contributed by atoms with Gasteiger partial charge in [-0.25, -0.2) is 0 Å². The summed E-state index contributed by atoms with van der Waals surface area (Å²) < 4.78 is 1.29. The van der Waals surface area contributed by atoms with Crippen LogP contribution in [-0.4, -0.2) is 25.1 Å². The molecule has 1 aliphatic carbocycles. The zero-order valence-electron chi connectivity index (χ0n) is 14.2. The number of ketones is 1. The number of carbonyl (C=O) groups is 1. The predicted octanol–water partition coefficient (Wildman–Crippen LogP) is 5.74. The van der Waals surface area contributed by atoms with Gasteiger partial charge in [-0.1, -0.05) is 0 Å². The summed E-state index contributed by atoms with van der Waals surface area (Å²) in [6, 6.07) is 0. The third kappa shape index (κ3) is 3.83. The Morgan fingerprint density at radius 3 is 1.78 bits per heavy atom. The number of rotatable bonds is 1. The Kier molecular flexibility index (Phi) is 5.11. The fourth-order valence-corrected chi connectivity index (χ4v) is 5.74. The van der Waals surface area contributed by atoms with E-state index in [1.54, 1.807) is 0 Å². The van der Waals surface area contributed by atoms with Gasteiger partial charge in [0.2, 0.25) is 0 Å². The van der Waals surface area contributed by atoms with Gasteiger partial charge in [0.15, 0.2) is 0 Å². The van der Waals surface area contributed by atoms with Crippen molar-refractivity contribution < 1.29 is 4.79 Å². The molecule has 0 fully saturated rings. The second kappa shape index (κ2) is 6.07. The molecule has 0 spiro atoms. The fourth-order valence-electron chi connectivity index (χ4n) is 2.12. The van der Waals surface area contributed by atoms with E-state index in [4.69, 9.17) is 34.8 Å². The first kappa shape index (κ1) is 19.3. The van der Waals surface area contributed by atoms with Crippen molar-refractivity contribution in [3.63, 3.8) is 0 Å². The zero-order valence-corrected chi connectivity index (χ0v) is 18.2. The molecule has 0 N–H and O–H groups in total. The molecule has 0 saturated carbocycles. The first-order valence-corrected chi connectivity index (χ1v) is 10.3. The molecule has 23 heavy (non-hydrogen) atoms. The van der Waals surface area contributed by atoms with Gasteiger partial charge in [-0.2, -0.15) is 0 Å². The second-order valence-corrected chi connectivity index (χ2v) is 11.9. The van der Waals surface area contributed by atoms with Crippen molar-refractivity contribution >= 4 is 55.5 Å². The van der Waals surface area contributed by atoms with Gasteiger partial charge < -0.3 is 0 Å². The predicted molar refractivity (Wildman–Crippen MR) is 101 cm³/mol. The number of halogens is 3. The van der Waals surface area contributed by atoms with Crippen LogP contribution in [0.5, 0.6) is 0 Å². The van der Waals surface area contributed by atoms with Crippen molar-refractivity contribution in [3.8, 4) is 0 Å². The minimum absolute atomic E-state index is 0.0937. The number of alkyl halides is 2. The molecule has 0 aromatic rings. The van der Waals surface area contributed by atoms with E-state index < -0.39 is 10.1 Å². The van der Waals surface area contributed by atoms with Gasteiger partial charge in [0, 0.05) is 0 Å². The van der Waals surface area contributed by atoms with E-state index in [1.165, 1.54) is 8.94 Å². The third-order valence-corrected chi connectivity index (χ3v) is 8.78. The van der Waals surface area contributed by atoms with Crippen LogP contribution in [0, 0.1) is 10.8 Å². The summed E-state index contributed by atoms with van der Waals surface area (Å²) in [5.74, 6) is -0.422. The SMILES string of the molecule is CC(C)(C)C1=CC(=CC2=C(Cl)C(=O)C2(Cl)Cl)C=C(C(C)(C)C)[Se]1. The van der Waals surface area contributed by atoms with Gasteiger partial charge in [-0.3, -0.25) is 0 Å². The molecule has 0 aromatic heterocycles. The second-order valence-electron chi connectivity index (χ2n) is 7.89. The van der Waals surface area contributed by atoms with Gasteiger partial charge in [0.05, 0.1) is 0 Å². The Balaban J connectivity index is 2.53. The van der Waals surface area contributed by atoms with Crippen LogP contribution < -0.4 is 0 Å². The van der Waals surface area contributed by atoms with Crippen molar-refractivity contribution in [2.24, 2.45) is 10.8 Å². The molecule has 2 aliphatic rings. The first-order chi connectivity index (χ1) is 10.2. The van der Waals surface area contributed by atoms with E-state index in [0.717, 1.165) is 5.57 Å². The maximum atomic E-state index is 11.7.